The summed E-state index contributed by atoms with van der Waals surface area (Å²) in [5.74, 6) is 1.27. The van der Waals surface area contributed by atoms with E-state index in [0.717, 1.165) is 22.7 Å². The molecular formula is C12H15N5OS. The van der Waals surface area contributed by atoms with Crippen molar-refractivity contribution in [3.63, 3.8) is 0 Å². The van der Waals surface area contributed by atoms with Gasteiger partial charge in [-0.05, 0) is 26.8 Å². The lowest BCUT2D eigenvalue weighted by Crippen LogP contribution is -2.15. The highest BCUT2D eigenvalue weighted by Gasteiger charge is 2.10. The van der Waals surface area contributed by atoms with E-state index in [0.29, 0.717) is 18.2 Å². The molecule has 0 fully saturated rings. The Hall–Kier alpha value is -2.02. The van der Waals surface area contributed by atoms with Crippen LogP contribution in [0.3, 0.4) is 0 Å². The van der Waals surface area contributed by atoms with Gasteiger partial charge in [-0.2, -0.15) is 0 Å². The Bertz CT molecular complexity index is 603. The standard InChI is InChI=1S/C12H15N5OS/c1-6-4-10(11(13)19)16-12(15-6)14-5-9-7(2)17-18-8(9)3/h4H,5H2,1-3H3,(H2,13,19)(H,14,15,16). The lowest BCUT2D eigenvalue weighted by atomic mass is 10.2. The third kappa shape index (κ3) is 3.05. The summed E-state index contributed by atoms with van der Waals surface area (Å²) in [6, 6.07) is 1.75. The van der Waals surface area contributed by atoms with Crippen LogP contribution < -0.4 is 11.1 Å². The van der Waals surface area contributed by atoms with E-state index in [1.807, 2.05) is 20.8 Å². The number of aromatic nitrogens is 3. The molecule has 0 aromatic carbocycles. The number of hydrogen-bond donors (Lipinski definition) is 2. The van der Waals surface area contributed by atoms with Gasteiger partial charge in [0.25, 0.3) is 0 Å². The van der Waals surface area contributed by atoms with Crippen molar-refractivity contribution in [2.75, 3.05) is 5.32 Å². The Morgan fingerprint density at radius 3 is 2.68 bits per heavy atom. The van der Waals surface area contributed by atoms with Gasteiger partial charge < -0.3 is 15.6 Å². The molecule has 0 atom stereocenters. The normalized spacial score (nSPS) is 10.5. The maximum Gasteiger partial charge on any atom is 0.223 e. The summed E-state index contributed by atoms with van der Waals surface area (Å²) in [5, 5.41) is 7.02. The fraction of sp³-hybridized carbons (Fsp3) is 0.333. The second kappa shape index (κ2) is 5.31. The van der Waals surface area contributed by atoms with Crippen LogP contribution in [0.15, 0.2) is 10.6 Å². The first kappa shape index (κ1) is 13.4. The minimum atomic E-state index is 0.255. The molecule has 2 rings (SSSR count). The molecule has 19 heavy (non-hydrogen) atoms. The molecule has 7 heteroatoms. The second-order valence-electron chi connectivity index (χ2n) is 4.24. The fourth-order valence-electron chi connectivity index (χ4n) is 1.70. The summed E-state index contributed by atoms with van der Waals surface area (Å²) in [4.78, 5) is 8.79. The number of hydrogen-bond acceptors (Lipinski definition) is 6. The molecule has 0 aliphatic heterocycles. The van der Waals surface area contributed by atoms with E-state index in [-0.39, 0.29) is 4.99 Å². The van der Waals surface area contributed by atoms with Crippen LogP contribution in [-0.2, 0) is 6.54 Å². The predicted molar refractivity (Wildman–Crippen MR) is 76.0 cm³/mol. The van der Waals surface area contributed by atoms with E-state index in [1.165, 1.54) is 0 Å². The number of thiocarbonyl (C=S) groups is 1. The molecule has 0 spiro atoms. The van der Waals surface area contributed by atoms with Crippen molar-refractivity contribution in [1.82, 2.24) is 15.1 Å². The molecule has 0 saturated carbocycles. The quantitative estimate of drug-likeness (QED) is 0.821. The molecule has 0 bridgehead atoms. The van der Waals surface area contributed by atoms with Crippen LogP contribution >= 0.6 is 12.2 Å². The Balaban J connectivity index is 2.18. The SMILES string of the molecule is Cc1cc(C(N)=S)nc(NCc2c(C)noc2C)n1. The predicted octanol–water partition coefficient (Wildman–Crippen LogP) is 1.64. The summed E-state index contributed by atoms with van der Waals surface area (Å²) >= 11 is 4.92. The number of anilines is 1. The lowest BCUT2D eigenvalue weighted by molar-refractivity contribution is 0.392. The zero-order valence-corrected chi connectivity index (χ0v) is 11.8. The number of rotatable bonds is 4. The van der Waals surface area contributed by atoms with Crippen LogP contribution in [-0.4, -0.2) is 20.1 Å². The highest BCUT2D eigenvalue weighted by Crippen LogP contribution is 2.14. The van der Waals surface area contributed by atoms with E-state index in [2.05, 4.69) is 20.4 Å². The highest BCUT2D eigenvalue weighted by molar-refractivity contribution is 7.80. The van der Waals surface area contributed by atoms with Crippen LogP contribution in [0.5, 0.6) is 0 Å². The number of nitrogens with zero attached hydrogens (tertiary/aromatic N) is 3. The highest BCUT2D eigenvalue weighted by atomic mass is 32.1. The van der Waals surface area contributed by atoms with E-state index < -0.39 is 0 Å². The topological polar surface area (TPSA) is 89.9 Å². The molecule has 0 radical (unpaired) electrons. The van der Waals surface area contributed by atoms with Gasteiger partial charge in [-0.3, -0.25) is 0 Å². The van der Waals surface area contributed by atoms with Crippen molar-refractivity contribution in [2.45, 2.75) is 27.3 Å². The van der Waals surface area contributed by atoms with Gasteiger partial charge in [-0.15, -0.1) is 0 Å². The Morgan fingerprint density at radius 2 is 2.11 bits per heavy atom. The molecule has 2 heterocycles. The first-order valence-electron chi connectivity index (χ1n) is 5.78. The van der Waals surface area contributed by atoms with Crippen LogP contribution in [0.1, 0.15) is 28.4 Å². The van der Waals surface area contributed by atoms with Crippen molar-refractivity contribution in [3.8, 4) is 0 Å². The maximum atomic E-state index is 5.58. The smallest absolute Gasteiger partial charge is 0.223 e. The van der Waals surface area contributed by atoms with Crippen LogP contribution in [0.2, 0.25) is 0 Å². The minimum Gasteiger partial charge on any atom is -0.388 e. The first-order valence-corrected chi connectivity index (χ1v) is 6.19. The fourth-order valence-corrected chi connectivity index (χ4v) is 1.80. The Kier molecular flexibility index (Phi) is 3.75. The molecule has 6 nitrogen and oxygen atoms in total. The molecule has 0 unspecified atom stereocenters. The van der Waals surface area contributed by atoms with Gasteiger partial charge in [0.15, 0.2) is 0 Å². The molecule has 100 valence electrons. The van der Waals surface area contributed by atoms with Crippen molar-refractivity contribution >= 4 is 23.2 Å². The zero-order valence-electron chi connectivity index (χ0n) is 11.0. The molecular weight excluding hydrogens is 262 g/mol. The Morgan fingerprint density at radius 1 is 1.37 bits per heavy atom. The molecule has 0 saturated heterocycles. The van der Waals surface area contributed by atoms with Crippen molar-refractivity contribution < 1.29 is 4.52 Å². The third-order valence-corrected chi connectivity index (χ3v) is 2.92. The van der Waals surface area contributed by atoms with Gasteiger partial charge in [0, 0.05) is 17.8 Å². The van der Waals surface area contributed by atoms with Crippen molar-refractivity contribution in [2.24, 2.45) is 5.73 Å². The minimum absolute atomic E-state index is 0.255. The second-order valence-corrected chi connectivity index (χ2v) is 4.68. The van der Waals surface area contributed by atoms with E-state index in [4.69, 9.17) is 22.5 Å². The molecule has 0 aliphatic rings. The maximum absolute atomic E-state index is 5.58. The number of aryl methyl sites for hydroxylation is 3. The molecule has 0 aliphatic carbocycles. The molecule has 2 aromatic rings. The van der Waals surface area contributed by atoms with Gasteiger partial charge in [0.2, 0.25) is 5.95 Å². The summed E-state index contributed by atoms with van der Waals surface area (Å²) in [6.45, 7) is 6.17. The Labute approximate surface area is 116 Å². The van der Waals surface area contributed by atoms with Crippen molar-refractivity contribution in [1.29, 1.82) is 0 Å². The van der Waals surface area contributed by atoms with E-state index in [1.54, 1.807) is 6.07 Å². The average molecular weight is 277 g/mol. The van der Waals surface area contributed by atoms with Crippen LogP contribution in [0.25, 0.3) is 0 Å². The monoisotopic (exact) mass is 277 g/mol. The number of nitrogens with one attached hydrogen (secondary N) is 1. The molecule has 3 N–H and O–H groups in total. The van der Waals surface area contributed by atoms with Gasteiger partial charge in [0.05, 0.1) is 5.69 Å². The third-order valence-electron chi connectivity index (χ3n) is 2.71. The lowest BCUT2D eigenvalue weighted by Gasteiger charge is -2.07. The largest absolute Gasteiger partial charge is 0.388 e. The summed E-state index contributed by atoms with van der Waals surface area (Å²) in [5.41, 5.74) is 8.80. The van der Waals surface area contributed by atoms with Crippen LogP contribution in [0, 0.1) is 20.8 Å². The van der Waals surface area contributed by atoms with Gasteiger partial charge >= 0.3 is 0 Å². The van der Waals surface area contributed by atoms with E-state index >= 15 is 0 Å². The summed E-state index contributed by atoms with van der Waals surface area (Å²) < 4.78 is 5.10. The van der Waals surface area contributed by atoms with E-state index in [9.17, 15) is 0 Å². The van der Waals surface area contributed by atoms with Gasteiger partial charge in [0.1, 0.15) is 16.4 Å². The van der Waals surface area contributed by atoms with Gasteiger partial charge in [-0.1, -0.05) is 17.4 Å². The first-order chi connectivity index (χ1) is 8.97. The summed E-state index contributed by atoms with van der Waals surface area (Å²) in [7, 11) is 0. The number of nitrogens with two attached hydrogens (primary N) is 1. The van der Waals surface area contributed by atoms with Crippen LogP contribution in [0.4, 0.5) is 5.95 Å². The van der Waals surface area contributed by atoms with Crippen molar-refractivity contribution in [3.05, 3.63) is 34.5 Å². The molecule has 2 aromatic heterocycles. The zero-order chi connectivity index (χ0) is 14.0. The van der Waals surface area contributed by atoms with Gasteiger partial charge in [-0.25, -0.2) is 9.97 Å². The molecule has 0 amide bonds. The average Bonchev–Trinajstić information content (AvgIpc) is 2.66. The summed E-state index contributed by atoms with van der Waals surface area (Å²) in [6.07, 6.45) is 0.